The Morgan fingerprint density at radius 1 is 1.28 bits per heavy atom. The zero-order chi connectivity index (χ0) is 12.8. The van der Waals surface area contributed by atoms with Gasteiger partial charge in [-0.15, -0.1) is 0 Å². The SMILES string of the molecule is C=C(C)COc1ccc(CC2CCNCC2)cc1. The summed E-state index contributed by atoms with van der Waals surface area (Å²) in [5.74, 6) is 1.78. The number of nitrogens with one attached hydrogen (secondary N) is 1. The number of hydrogen-bond acceptors (Lipinski definition) is 2. The third kappa shape index (κ3) is 4.19. The van der Waals surface area contributed by atoms with Gasteiger partial charge in [0.2, 0.25) is 0 Å². The molecule has 0 aromatic heterocycles. The van der Waals surface area contributed by atoms with Gasteiger partial charge in [0.15, 0.2) is 0 Å². The van der Waals surface area contributed by atoms with Crippen molar-refractivity contribution >= 4 is 0 Å². The first kappa shape index (κ1) is 13.2. The van der Waals surface area contributed by atoms with Crippen LogP contribution in [0.25, 0.3) is 0 Å². The Bertz CT molecular complexity index is 377. The molecule has 2 rings (SSSR count). The van der Waals surface area contributed by atoms with Gasteiger partial charge in [-0.25, -0.2) is 0 Å². The summed E-state index contributed by atoms with van der Waals surface area (Å²) in [6.45, 7) is 8.76. The summed E-state index contributed by atoms with van der Waals surface area (Å²) in [5.41, 5.74) is 2.47. The van der Waals surface area contributed by atoms with Gasteiger partial charge in [0.25, 0.3) is 0 Å². The first-order valence-corrected chi connectivity index (χ1v) is 6.81. The second kappa shape index (κ2) is 6.60. The molecule has 1 aromatic carbocycles. The van der Waals surface area contributed by atoms with Gasteiger partial charge in [-0.1, -0.05) is 18.7 Å². The normalized spacial score (nSPS) is 16.5. The molecule has 1 heterocycles. The van der Waals surface area contributed by atoms with E-state index in [9.17, 15) is 0 Å². The molecule has 0 spiro atoms. The van der Waals surface area contributed by atoms with E-state index in [1.807, 2.05) is 6.92 Å². The molecule has 1 saturated heterocycles. The molecule has 1 N–H and O–H groups in total. The molecule has 2 heteroatoms. The van der Waals surface area contributed by atoms with Crippen molar-refractivity contribution in [2.45, 2.75) is 26.2 Å². The Kier molecular flexibility index (Phi) is 4.82. The van der Waals surface area contributed by atoms with E-state index in [1.54, 1.807) is 0 Å². The van der Waals surface area contributed by atoms with Crippen molar-refractivity contribution in [3.8, 4) is 5.75 Å². The van der Waals surface area contributed by atoms with Crippen molar-refractivity contribution in [1.82, 2.24) is 5.32 Å². The highest BCUT2D eigenvalue weighted by molar-refractivity contribution is 5.28. The number of ether oxygens (including phenoxy) is 1. The van der Waals surface area contributed by atoms with E-state index >= 15 is 0 Å². The van der Waals surface area contributed by atoms with Gasteiger partial charge >= 0.3 is 0 Å². The lowest BCUT2D eigenvalue weighted by Crippen LogP contribution is -2.28. The molecule has 0 amide bonds. The second-order valence-corrected chi connectivity index (χ2v) is 5.29. The van der Waals surface area contributed by atoms with E-state index in [4.69, 9.17) is 4.74 Å². The molecule has 0 unspecified atom stereocenters. The minimum Gasteiger partial charge on any atom is -0.489 e. The monoisotopic (exact) mass is 245 g/mol. The van der Waals surface area contributed by atoms with E-state index in [2.05, 4.69) is 36.2 Å². The zero-order valence-electron chi connectivity index (χ0n) is 11.2. The molecule has 1 aliphatic heterocycles. The topological polar surface area (TPSA) is 21.3 Å². The van der Waals surface area contributed by atoms with Crippen molar-refractivity contribution < 1.29 is 4.74 Å². The Morgan fingerprint density at radius 2 is 1.94 bits per heavy atom. The fraction of sp³-hybridized carbons (Fsp3) is 0.500. The van der Waals surface area contributed by atoms with Crippen LogP contribution in [0.5, 0.6) is 5.75 Å². The van der Waals surface area contributed by atoms with Crippen molar-refractivity contribution in [3.63, 3.8) is 0 Å². The molecular formula is C16H23NO. The van der Waals surface area contributed by atoms with Crippen molar-refractivity contribution in [3.05, 3.63) is 42.0 Å². The van der Waals surface area contributed by atoms with Gasteiger partial charge in [-0.05, 0) is 68.5 Å². The first-order valence-electron chi connectivity index (χ1n) is 6.81. The van der Waals surface area contributed by atoms with E-state index in [0.29, 0.717) is 6.61 Å². The highest BCUT2D eigenvalue weighted by Gasteiger charge is 2.13. The summed E-state index contributed by atoms with van der Waals surface area (Å²) in [6, 6.07) is 8.52. The van der Waals surface area contributed by atoms with Crippen LogP contribution in [0.3, 0.4) is 0 Å². The number of piperidine rings is 1. The smallest absolute Gasteiger partial charge is 0.119 e. The fourth-order valence-corrected chi connectivity index (χ4v) is 2.35. The zero-order valence-corrected chi connectivity index (χ0v) is 11.2. The molecule has 98 valence electrons. The maximum Gasteiger partial charge on any atom is 0.119 e. The minimum absolute atomic E-state index is 0.605. The van der Waals surface area contributed by atoms with E-state index in [1.165, 1.54) is 37.9 Å². The summed E-state index contributed by atoms with van der Waals surface area (Å²) in [6.07, 6.45) is 3.80. The molecule has 1 aliphatic rings. The molecule has 18 heavy (non-hydrogen) atoms. The van der Waals surface area contributed by atoms with Gasteiger partial charge in [0.05, 0.1) is 0 Å². The Hall–Kier alpha value is -1.28. The van der Waals surface area contributed by atoms with Crippen LogP contribution in [0.1, 0.15) is 25.3 Å². The lowest BCUT2D eigenvalue weighted by molar-refractivity contribution is 0.352. The molecule has 0 bridgehead atoms. The summed E-state index contributed by atoms with van der Waals surface area (Å²) in [5, 5.41) is 3.41. The minimum atomic E-state index is 0.605. The lowest BCUT2D eigenvalue weighted by atomic mass is 9.91. The molecule has 0 radical (unpaired) electrons. The predicted octanol–water partition coefficient (Wildman–Crippen LogP) is 3.18. The van der Waals surface area contributed by atoms with Gasteiger partial charge in [-0.2, -0.15) is 0 Å². The van der Waals surface area contributed by atoms with Crippen molar-refractivity contribution in [2.24, 2.45) is 5.92 Å². The molecule has 1 fully saturated rings. The maximum absolute atomic E-state index is 5.60. The largest absolute Gasteiger partial charge is 0.489 e. The number of benzene rings is 1. The third-order valence-corrected chi connectivity index (χ3v) is 3.39. The van der Waals surface area contributed by atoms with Crippen LogP contribution in [0, 0.1) is 5.92 Å². The average molecular weight is 245 g/mol. The molecule has 1 aromatic rings. The summed E-state index contributed by atoms with van der Waals surface area (Å²) < 4.78 is 5.60. The number of hydrogen-bond donors (Lipinski definition) is 1. The van der Waals surface area contributed by atoms with Crippen LogP contribution < -0.4 is 10.1 Å². The lowest BCUT2D eigenvalue weighted by Gasteiger charge is -2.22. The van der Waals surface area contributed by atoms with Gasteiger partial charge in [-0.3, -0.25) is 0 Å². The average Bonchev–Trinajstić information content (AvgIpc) is 2.39. The molecule has 0 aliphatic carbocycles. The van der Waals surface area contributed by atoms with Gasteiger partial charge in [0.1, 0.15) is 12.4 Å². The van der Waals surface area contributed by atoms with E-state index in [0.717, 1.165) is 17.2 Å². The first-order chi connectivity index (χ1) is 8.74. The van der Waals surface area contributed by atoms with Crippen LogP contribution in [-0.2, 0) is 6.42 Å². The second-order valence-electron chi connectivity index (χ2n) is 5.29. The van der Waals surface area contributed by atoms with Gasteiger partial charge < -0.3 is 10.1 Å². The maximum atomic E-state index is 5.60. The van der Waals surface area contributed by atoms with E-state index < -0.39 is 0 Å². The van der Waals surface area contributed by atoms with Crippen LogP contribution in [0.15, 0.2) is 36.4 Å². The molecule has 0 saturated carbocycles. The van der Waals surface area contributed by atoms with Crippen LogP contribution in [-0.4, -0.2) is 19.7 Å². The predicted molar refractivity (Wildman–Crippen MR) is 76.0 cm³/mol. The fourth-order valence-electron chi connectivity index (χ4n) is 2.35. The summed E-state index contributed by atoms with van der Waals surface area (Å²) in [7, 11) is 0. The quantitative estimate of drug-likeness (QED) is 0.804. The number of rotatable bonds is 5. The molecule has 0 atom stereocenters. The Morgan fingerprint density at radius 3 is 2.56 bits per heavy atom. The Labute approximate surface area is 110 Å². The molecular weight excluding hydrogens is 222 g/mol. The molecule has 2 nitrogen and oxygen atoms in total. The van der Waals surface area contributed by atoms with Crippen molar-refractivity contribution in [1.29, 1.82) is 0 Å². The van der Waals surface area contributed by atoms with Crippen LogP contribution >= 0.6 is 0 Å². The Balaban J connectivity index is 1.84. The van der Waals surface area contributed by atoms with E-state index in [-0.39, 0.29) is 0 Å². The highest BCUT2D eigenvalue weighted by Crippen LogP contribution is 2.20. The third-order valence-electron chi connectivity index (χ3n) is 3.39. The standard InChI is InChI=1S/C16H23NO/c1-13(2)12-18-16-5-3-14(4-6-16)11-15-7-9-17-10-8-15/h3-6,15,17H,1,7-12H2,2H3. The highest BCUT2D eigenvalue weighted by atomic mass is 16.5. The van der Waals surface area contributed by atoms with Crippen LogP contribution in [0.4, 0.5) is 0 Å². The van der Waals surface area contributed by atoms with Crippen molar-refractivity contribution in [2.75, 3.05) is 19.7 Å². The summed E-state index contributed by atoms with van der Waals surface area (Å²) >= 11 is 0. The van der Waals surface area contributed by atoms with Crippen LogP contribution in [0.2, 0.25) is 0 Å². The van der Waals surface area contributed by atoms with Gasteiger partial charge in [0, 0.05) is 0 Å². The summed E-state index contributed by atoms with van der Waals surface area (Å²) in [4.78, 5) is 0.